The minimum Gasteiger partial charge on any atom is -0.292 e. The Labute approximate surface area is 157 Å². The Morgan fingerprint density at radius 2 is 1.41 bits per heavy atom. The first-order chi connectivity index (χ1) is 12.8. The number of rotatable bonds is 5. The number of carbonyl (C=O) groups excluding carboxylic acids is 4. The number of Topliss-reactive ketones (excluding diaryl/α,β-unsaturated/α-hetero) is 1. The predicted molar refractivity (Wildman–Crippen MR) is 99.1 cm³/mol. The third-order valence-electron chi connectivity index (χ3n) is 4.76. The molecular formula is C21H20N2O4. The second-order valence-corrected chi connectivity index (χ2v) is 6.73. The molecule has 1 fully saturated rings. The summed E-state index contributed by atoms with van der Waals surface area (Å²) < 4.78 is 0. The minimum atomic E-state index is -0.967. The van der Waals surface area contributed by atoms with Crippen LogP contribution in [0.4, 0.5) is 4.79 Å². The van der Waals surface area contributed by atoms with Gasteiger partial charge in [-0.2, -0.15) is 0 Å². The van der Waals surface area contributed by atoms with Gasteiger partial charge in [0, 0.05) is 5.56 Å². The highest BCUT2D eigenvalue weighted by Crippen LogP contribution is 2.19. The standard InChI is InChI=1S/C21H20N2O4/c1-13-9-15(3)17(10-14(13)2)18(24)12-23-20(26)19(25)22(21(23)27)11-16-7-5-4-6-8-16/h4-10H,11-12H2,1-3H3. The van der Waals surface area contributed by atoms with Gasteiger partial charge in [0.1, 0.15) is 0 Å². The lowest BCUT2D eigenvalue weighted by Gasteiger charge is -2.16. The predicted octanol–water partition coefficient (Wildman–Crippen LogP) is 2.79. The number of benzene rings is 2. The topological polar surface area (TPSA) is 74.8 Å². The Hall–Kier alpha value is -3.28. The van der Waals surface area contributed by atoms with E-state index in [1.54, 1.807) is 37.3 Å². The van der Waals surface area contributed by atoms with Crippen molar-refractivity contribution in [1.82, 2.24) is 9.80 Å². The van der Waals surface area contributed by atoms with Crippen LogP contribution in [0.1, 0.15) is 32.6 Å². The van der Waals surface area contributed by atoms with E-state index in [4.69, 9.17) is 0 Å². The number of ketones is 1. The van der Waals surface area contributed by atoms with Crippen molar-refractivity contribution >= 4 is 23.6 Å². The van der Waals surface area contributed by atoms with Crippen molar-refractivity contribution in [2.24, 2.45) is 0 Å². The molecule has 1 aliphatic heterocycles. The Morgan fingerprint density at radius 1 is 0.815 bits per heavy atom. The molecule has 0 radical (unpaired) electrons. The van der Waals surface area contributed by atoms with Gasteiger partial charge in [-0.3, -0.25) is 19.3 Å². The van der Waals surface area contributed by atoms with E-state index in [2.05, 4.69) is 0 Å². The SMILES string of the molecule is Cc1cc(C)c(C(=O)CN2C(=O)C(=O)N(Cc3ccccc3)C2=O)cc1C. The number of amides is 4. The number of urea groups is 1. The molecule has 0 atom stereocenters. The molecule has 1 aliphatic rings. The number of aryl methyl sites for hydroxylation is 3. The summed E-state index contributed by atoms with van der Waals surface area (Å²) in [6, 6.07) is 11.8. The maximum Gasteiger partial charge on any atom is 0.334 e. The summed E-state index contributed by atoms with van der Waals surface area (Å²) in [7, 11) is 0. The van der Waals surface area contributed by atoms with E-state index in [-0.39, 0.29) is 12.3 Å². The van der Waals surface area contributed by atoms with Gasteiger partial charge in [0.15, 0.2) is 5.78 Å². The van der Waals surface area contributed by atoms with Gasteiger partial charge in [0.25, 0.3) is 0 Å². The first-order valence-electron chi connectivity index (χ1n) is 8.62. The van der Waals surface area contributed by atoms with Crippen molar-refractivity contribution in [2.75, 3.05) is 6.54 Å². The fraction of sp³-hybridized carbons (Fsp3) is 0.238. The fourth-order valence-corrected chi connectivity index (χ4v) is 3.08. The van der Waals surface area contributed by atoms with Crippen molar-refractivity contribution in [2.45, 2.75) is 27.3 Å². The van der Waals surface area contributed by atoms with Crippen molar-refractivity contribution in [3.05, 3.63) is 70.3 Å². The van der Waals surface area contributed by atoms with Crippen LogP contribution in [-0.4, -0.2) is 40.0 Å². The first kappa shape index (κ1) is 18.5. The van der Waals surface area contributed by atoms with Gasteiger partial charge in [0.2, 0.25) is 0 Å². The summed E-state index contributed by atoms with van der Waals surface area (Å²) in [5, 5.41) is 0. The van der Waals surface area contributed by atoms with Crippen LogP contribution < -0.4 is 0 Å². The summed E-state index contributed by atoms with van der Waals surface area (Å²) in [5.41, 5.74) is 3.96. The average molecular weight is 364 g/mol. The smallest absolute Gasteiger partial charge is 0.292 e. The summed E-state index contributed by atoms with van der Waals surface area (Å²) >= 11 is 0. The first-order valence-corrected chi connectivity index (χ1v) is 8.62. The summed E-state index contributed by atoms with van der Waals surface area (Å²) in [6.45, 7) is 5.20. The molecule has 2 aromatic carbocycles. The van der Waals surface area contributed by atoms with Gasteiger partial charge in [-0.15, -0.1) is 0 Å². The zero-order valence-electron chi connectivity index (χ0n) is 15.5. The number of hydrogen-bond donors (Lipinski definition) is 0. The van der Waals surface area contributed by atoms with E-state index in [9.17, 15) is 19.2 Å². The molecule has 3 rings (SSSR count). The summed E-state index contributed by atoms with van der Waals surface area (Å²) in [6.07, 6.45) is 0. The summed E-state index contributed by atoms with van der Waals surface area (Å²) in [5.74, 6) is -2.24. The lowest BCUT2D eigenvalue weighted by molar-refractivity contribution is -0.143. The van der Waals surface area contributed by atoms with E-state index < -0.39 is 24.4 Å². The zero-order valence-corrected chi connectivity index (χ0v) is 15.5. The van der Waals surface area contributed by atoms with Crippen molar-refractivity contribution in [1.29, 1.82) is 0 Å². The Morgan fingerprint density at radius 3 is 2.07 bits per heavy atom. The molecule has 4 amide bonds. The number of hydrogen-bond acceptors (Lipinski definition) is 4. The van der Waals surface area contributed by atoms with Gasteiger partial charge in [-0.05, 0) is 49.1 Å². The van der Waals surface area contributed by atoms with Crippen molar-refractivity contribution in [3.8, 4) is 0 Å². The Kier molecular flexibility index (Phi) is 4.90. The normalized spacial score (nSPS) is 14.3. The number of imide groups is 2. The number of nitrogens with zero attached hydrogens (tertiary/aromatic N) is 2. The van der Waals surface area contributed by atoms with Crippen LogP contribution in [0.25, 0.3) is 0 Å². The maximum absolute atomic E-state index is 12.7. The van der Waals surface area contributed by atoms with Crippen LogP contribution in [0.5, 0.6) is 0 Å². The molecular weight excluding hydrogens is 344 g/mol. The molecule has 0 bridgehead atoms. The van der Waals surface area contributed by atoms with Crippen molar-refractivity contribution < 1.29 is 19.2 Å². The van der Waals surface area contributed by atoms with Crippen LogP contribution in [0.3, 0.4) is 0 Å². The molecule has 2 aromatic rings. The Bertz CT molecular complexity index is 950. The molecule has 0 N–H and O–H groups in total. The van der Waals surface area contributed by atoms with Gasteiger partial charge in [-0.25, -0.2) is 9.69 Å². The van der Waals surface area contributed by atoms with Crippen LogP contribution in [-0.2, 0) is 16.1 Å². The molecule has 27 heavy (non-hydrogen) atoms. The van der Waals surface area contributed by atoms with E-state index in [0.29, 0.717) is 5.56 Å². The second-order valence-electron chi connectivity index (χ2n) is 6.73. The molecule has 0 aromatic heterocycles. The highest BCUT2D eigenvalue weighted by Gasteiger charge is 2.45. The highest BCUT2D eigenvalue weighted by molar-refractivity contribution is 6.45. The monoisotopic (exact) mass is 364 g/mol. The van der Waals surface area contributed by atoms with Gasteiger partial charge < -0.3 is 0 Å². The van der Waals surface area contributed by atoms with Crippen LogP contribution >= 0.6 is 0 Å². The van der Waals surface area contributed by atoms with Crippen LogP contribution in [0, 0.1) is 20.8 Å². The highest BCUT2D eigenvalue weighted by atomic mass is 16.2. The van der Waals surface area contributed by atoms with Gasteiger partial charge >= 0.3 is 17.8 Å². The molecule has 0 aliphatic carbocycles. The van der Waals surface area contributed by atoms with E-state index >= 15 is 0 Å². The molecule has 0 spiro atoms. The summed E-state index contributed by atoms with van der Waals surface area (Å²) in [4.78, 5) is 51.3. The zero-order chi connectivity index (χ0) is 19.7. The fourth-order valence-electron chi connectivity index (χ4n) is 3.08. The van der Waals surface area contributed by atoms with Gasteiger partial charge in [-0.1, -0.05) is 36.4 Å². The lowest BCUT2D eigenvalue weighted by atomic mass is 9.98. The lowest BCUT2D eigenvalue weighted by Crippen LogP contribution is -2.37. The largest absolute Gasteiger partial charge is 0.334 e. The van der Waals surface area contributed by atoms with E-state index in [1.165, 1.54) is 0 Å². The molecule has 0 saturated carbocycles. The quantitative estimate of drug-likeness (QED) is 0.464. The minimum absolute atomic E-state index is 0.00238. The number of carbonyl (C=O) groups is 4. The second kappa shape index (κ2) is 7.15. The van der Waals surface area contributed by atoms with Crippen LogP contribution in [0.15, 0.2) is 42.5 Å². The Balaban J connectivity index is 1.80. The molecule has 138 valence electrons. The molecule has 1 saturated heterocycles. The molecule has 1 heterocycles. The van der Waals surface area contributed by atoms with Crippen molar-refractivity contribution in [3.63, 3.8) is 0 Å². The third-order valence-corrected chi connectivity index (χ3v) is 4.76. The third kappa shape index (κ3) is 3.51. The average Bonchev–Trinajstić information content (AvgIpc) is 2.83. The van der Waals surface area contributed by atoms with Gasteiger partial charge in [0.05, 0.1) is 13.1 Å². The molecule has 6 nitrogen and oxygen atoms in total. The maximum atomic E-state index is 12.7. The van der Waals surface area contributed by atoms with E-state index in [0.717, 1.165) is 32.1 Å². The van der Waals surface area contributed by atoms with E-state index in [1.807, 2.05) is 26.0 Å². The molecule has 0 unspecified atom stereocenters. The molecule has 6 heteroatoms. The van der Waals surface area contributed by atoms with Crippen LogP contribution in [0.2, 0.25) is 0 Å².